The lowest BCUT2D eigenvalue weighted by molar-refractivity contribution is 0.437. The SMILES string of the molecule is CCNCCSc1cc2cc3c(cc2cc1SCCN(C)C)C1=NC2=NC(=Nc4[nH]c(c5cc6cc(SCCN(C)C)c(SCCN(C)C)cc6cc45)N=C4N=C(NC3N1)c1cc3cc(SCCN(C)C)c(SCCN(C)C)cc3cc14)c1cc3cc(SCCN(C)C)c(SCCN(C)C)cc3cc12. The van der Waals surface area contributed by atoms with Gasteiger partial charge in [0.25, 0.3) is 0 Å². The molecule has 8 aromatic carbocycles. The third kappa shape index (κ3) is 18.5. The highest BCUT2D eigenvalue weighted by Crippen LogP contribution is 2.46. The lowest BCUT2D eigenvalue weighted by Crippen LogP contribution is -2.36. The monoisotopic (exact) mass is 1540 g/mol. The van der Waals surface area contributed by atoms with Gasteiger partial charge in [0.1, 0.15) is 29.5 Å². The Bertz CT molecular complexity index is 4820. The molecule has 0 radical (unpaired) electrons. The zero-order valence-electron chi connectivity index (χ0n) is 63.0. The normalized spacial score (nSPS) is 14.9. The van der Waals surface area contributed by atoms with Gasteiger partial charge in [-0.25, -0.2) is 25.0 Å². The van der Waals surface area contributed by atoms with E-state index in [1.54, 1.807) is 0 Å². The lowest BCUT2D eigenvalue weighted by Gasteiger charge is -2.18. The van der Waals surface area contributed by atoms with Gasteiger partial charge >= 0.3 is 0 Å². The standard InChI is InChI=1S/C80H100N16S8/c1-16-81-17-25-97-65-41-49-33-57-58(34-50(49)42-66(65)98-26-18-90(2)3)74-82-73(57)83-75-59-35-51-43-67(99-27-19-91(4)5)68(100-28-20-92(6)7)44-52(51)36-60(59)77(85-75)87-79-63-39-55-47-71(103-31-23-95(12)13)72(104-32-24-96(14)15)48-56(55)40-64(63)80(89-79)88-78-62-38-54-46-70(102-30-22-94(10)11)69(101-29-21-93(8)9)45-53(54)37-61(62)76(84-74)86-78/h33-48,73,81,89H,16-32H2,1-15H3,(H,83,85,87)(H,82,84,86,88). The topological polar surface area (TPSA) is 136 Å². The van der Waals surface area contributed by atoms with Gasteiger partial charge in [0.05, 0.1) is 0 Å². The average Bonchev–Trinajstić information content (AvgIpc) is 1.58. The van der Waals surface area contributed by atoms with Gasteiger partial charge in [-0.1, -0.05) is 6.92 Å². The molecule has 4 aliphatic rings. The molecule has 8 bridgehead atoms. The maximum atomic E-state index is 5.79. The summed E-state index contributed by atoms with van der Waals surface area (Å²) < 4.78 is 0. The lowest BCUT2D eigenvalue weighted by atomic mass is 9.99. The molecule has 5 heterocycles. The molecule has 0 aliphatic carbocycles. The van der Waals surface area contributed by atoms with Gasteiger partial charge in [-0.05, 0) is 245 Å². The van der Waals surface area contributed by atoms with Crippen molar-refractivity contribution in [3.8, 4) is 0 Å². The molecule has 4 N–H and O–H groups in total. The summed E-state index contributed by atoms with van der Waals surface area (Å²) in [4.78, 5) is 58.8. The van der Waals surface area contributed by atoms with Crippen LogP contribution in [0.15, 0.2) is 161 Å². The van der Waals surface area contributed by atoms with E-state index in [1.165, 1.54) is 44.6 Å². The summed E-state index contributed by atoms with van der Waals surface area (Å²) >= 11 is 15.5. The summed E-state index contributed by atoms with van der Waals surface area (Å²) in [5, 5.41) is 22.8. The van der Waals surface area contributed by atoms with E-state index in [9.17, 15) is 0 Å². The first-order valence-corrected chi connectivity index (χ1v) is 43.8. The fraction of sp³-hybridized carbons (Fsp3) is 0.412. The Kier molecular flexibility index (Phi) is 25.9. The summed E-state index contributed by atoms with van der Waals surface area (Å²) in [6, 6.07) is 38.0. The van der Waals surface area contributed by atoms with Gasteiger partial charge < -0.3 is 55.2 Å². The number of fused-ring (bicyclic) bond motifs is 22. The molecule has 1 atom stereocenters. The molecule has 1 aromatic heterocycles. The van der Waals surface area contributed by atoms with Crippen LogP contribution in [0.3, 0.4) is 0 Å². The summed E-state index contributed by atoms with van der Waals surface area (Å²) in [6.07, 6.45) is -0.439. The van der Waals surface area contributed by atoms with E-state index in [4.69, 9.17) is 25.0 Å². The van der Waals surface area contributed by atoms with Gasteiger partial charge in [-0.2, -0.15) is 0 Å². The quantitative estimate of drug-likeness (QED) is 0.0229. The molecule has 0 amide bonds. The van der Waals surface area contributed by atoms with Crippen LogP contribution in [0.5, 0.6) is 0 Å². The highest BCUT2D eigenvalue weighted by Gasteiger charge is 2.35. The molecule has 0 spiro atoms. The summed E-state index contributed by atoms with van der Waals surface area (Å²) in [7, 11) is 30.2. The second-order valence-corrected chi connectivity index (χ2v) is 37.8. The molecule has 0 saturated heterocycles. The van der Waals surface area contributed by atoms with E-state index in [0.29, 0.717) is 29.1 Å². The number of H-pyrrole nitrogens is 1. The number of aromatic nitrogens is 1. The van der Waals surface area contributed by atoms with Gasteiger partial charge in [0.15, 0.2) is 17.5 Å². The molecule has 0 fully saturated rings. The second-order valence-electron chi connectivity index (χ2n) is 28.8. The number of hydrogen-bond acceptors (Lipinski definition) is 23. The van der Waals surface area contributed by atoms with E-state index >= 15 is 0 Å². The molecular formula is C80H100N16S8. The van der Waals surface area contributed by atoms with Crippen molar-refractivity contribution in [1.29, 1.82) is 0 Å². The van der Waals surface area contributed by atoms with Gasteiger partial charge in [-0.3, -0.25) is 0 Å². The van der Waals surface area contributed by atoms with Crippen molar-refractivity contribution in [1.82, 2.24) is 55.2 Å². The summed E-state index contributed by atoms with van der Waals surface area (Å²) in [5.41, 5.74) is 5.93. The predicted octanol–water partition coefficient (Wildman–Crippen LogP) is 15.4. The number of rotatable bonds is 33. The number of thioether (sulfide) groups is 8. The molecule has 9 aromatic rings. The molecule has 16 nitrogen and oxygen atoms in total. The Hall–Kier alpha value is -5.23. The van der Waals surface area contributed by atoms with Crippen LogP contribution in [-0.2, 0) is 0 Å². The van der Waals surface area contributed by atoms with Gasteiger partial charge in [0.2, 0.25) is 0 Å². The Morgan fingerprint density at radius 3 is 0.913 bits per heavy atom. The molecule has 24 heteroatoms. The molecule has 548 valence electrons. The summed E-state index contributed by atoms with van der Waals surface area (Å²) in [5.74, 6) is 12.5. The van der Waals surface area contributed by atoms with Crippen molar-refractivity contribution >= 4 is 189 Å². The van der Waals surface area contributed by atoms with Crippen LogP contribution in [0.4, 0.5) is 11.6 Å². The fourth-order valence-corrected chi connectivity index (χ4v) is 22.6. The number of aromatic amines is 1. The molecule has 1 unspecified atom stereocenters. The van der Waals surface area contributed by atoms with E-state index in [2.05, 4.69) is 258 Å². The second kappa shape index (κ2) is 35.0. The molecular weight excluding hydrogens is 1440 g/mol. The molecule has 104 heavy (non-hydrogen) atoms. The van der Waals surface area contributed by atoms with Crippen molar-refractivity contribution in [2.24, 2.45) is 25.0 Å². The average molecular weight is 1540 g/mol. The van der Waals surface area contributed by atoms with Crippen LogP contribution in [0.1, 0.15) is 46.5 Å². The third-order valence-electron chi connectivity index (χ3n) is 18.5. The Morgan fingerprint density at radius 1 is 0.308 bits per heavy atom. The fourth-order valence-electron chi connectivity index (χ4n) is 12.7. The van der Waals surface area contributed by atoms with Crippen LogP contribution >= 0.6 is 94.1 Å². The zero-order chi connectivity index (χ0) is 72.9. The minimum absolute atomic E-state index is 0.439. The smallest absolute Gasteiger partial charge is 0.164 e. The predicted molar refractivity (Wildman–Crippen MR) is 463 cm³/mol. The minimum atomic E-state index is -0.439. The number of nitrogens with zero attached hydrogens (tertiary/aromatic N) is 12. The first-order chi connectivity index (χ1) is 50.2. The van der Waals surface area contributed by atoms with E-state index in [-0.39, 0.29) is 0 Å². The number of benzene rings is 8. The highest BCUT2D eigenvalue weighted by atomic mass is 32.2. The number of hydrogen-bond donors (Lipinski definition) is 4. The van der Waals surface area contributed by atoms with Crippen molar-refractivity contribution in [2.45, 2.75) is 52.3 Å². The zero-order valence-corrected chi connectivity index (χ0v) is 69.5. The summed E-state index contributed by atoms with van der Waals surface area (Å²) in [6.45, 7) is 10.9. The van der Waals surface area contributed by atoms with Crippen LogP contribution < -0.4 is 16.0 Å². The van der Waals surface area contributed by atoms with E-state index < -0.39 is 6.17 Å². The Labute approximate surface area is 649 Å². The maximum absolute atomic E-state index is 5.79. The van der Waals surface area contributed by atoms with Crippen molar-refractivity contribution in [3.63, 3.8) is 0 Å². The number of amidine groups is 5. The van der Waals surface area contributed by atoms with Gasteiger partial charge in [-0.15, -0.1) is 94.1 Å². The van der Waals surface area contributed by atoms with Crippen molar-refractivity contribution < 1.29 is 0 Å². The van der Waals surface area contributed by atoms with Crippen LogP contribution in [0, 0.1) is 0 Å². The van der Waals surface area contributed by atoms with Crippen LogP contribution in [0.25, 0.3) is 53.9 Å². The van der Waals surface area contributed by atoms with Crippen molar-refractivity contribution in [3.05, 3.63) is 130 Å². The van der Waals surface area contributed by atoms with Crippen LogP contribution in [0.2, 0.25) is 0 Å². The first-order valence-electron chi connectivity index (χ1n) is 35.9. The van der Waals surface area contributed by atoms with Crippen molar-refractivity contribution in [2.75, 3.05) is 204 Å². The largest absolute Gasteiger partial charge is 0.346 e. The molecule has 4 aliphatic heterocycles. The first kappa shape index (κ1) is 76.9. The third-order valence-corrected chi connectivity index (χ3v) is 27.3. The van der Waals surface area contributed by atoms with Crippen LogP contribution in [-0.4, -0.2) is 272 Å². The van der Waals surface area contributed by atoms with Gasteiger partial charge in [0, 0.05) is 182 Å². The highest BCUT2D eigenvalue weighted by molar-refractivity contribution is 8.03. The Morgan fingerprint density at radius 2 is 0.577 bits per heavy atom. The number of aliphatic imine (C=N–C) groups is 5. The number of nitrogens with one attached hydrogen (secondary N) is 4. The molecule has 0 saturated carbocycles. The minimum Gasteiger partial charge on any atom is -0.346 e. The maximum Gasteiger partial charge on any atom is 0.164 e. The Balaban J connectivity index is 1.05. The van der Waals surface area contributed by atoms with E-state index in [1.807, 2.05) is 94.1 Å². The molecule has 13 rings (SSSR count). The van der Waals surface area contributed by atoms with E-state index in [0.717, 1.165) is 198 Å².